The lowest BCUT2D eigenvalue weighted by Gasteiger charge is -2.25. The summed E-state index contributed by atoms with van der Waals surface area (Å²) < 4.78 is 10.5. The molecule has 1 aromatic carbocycles. The maximum atomic E-state index is 8.85. The Bertz CT molecular complexity index is 302. The number of ether oxygens (including phenoxy) is 2. The van der Waals surface area contributed by atoms with Gasteiger partial charge in [0.2, 0.25) is 0 Å². The lowest BCUT2D eigenvalue weighted by atomic mass is 9.82. The molecule has 2 rings (SSSR count). The highest BCUT2D eigenvalue weighted by atomic mass is 16.6. The van der Waals surface area contributed by atoms with Crippen molar-refractivity contribution >= 4 is 7.12 Å². The van der Waals surface area contributed by atoms with E-state index in [-0.39, 0.29) is 6.61 Å². The zero-order valence-electron chi connectivity index (χ0n) is 6.88. The third kappa shape index (κ3) is 1.61. The van der Waals surface area contributed by atoms with E-state index < -0.39 is 13.1 Å². The molecule has 1 aliphatic heterocycles. The van der Waals surface area contributed by atoms with Crippen LogP contribution in [0.3, 0.4) is 0 Å². The summed E-state index contributed by atoms with van der Waals surface area (Å²) in [7, 11) is -1.51. The molecule has 0 aromatic heterocycles. The van der Waals surface area contributed by atoms with Gasteiger partial charge in [-0.15, -0.1) is 0 Å². The van der Waals surface area contributed by atoms with Crippen molar-refractivity contribution in [3.63, 3.8) is 0 Å². The predicted molar refractivity (Wildman–Crippen MR) is 46.5 cm³/mol. The second-order valence-corrected chi connectivity index (χ2v) is 2.83. The molecule has 68 valence electrons. The van der Waals surface area contributed by atoms with E-state index >= 15 is 0 Å². The van der Waals surface area contributed by atoms with E-state index in [2.05, 4.69) is 0 Å². The van der Waals surface area contributed by atoms with Crippen LogP contribution in [0.2, 0.25) is 0 Å². The van der Waals surface area contributed by atoms with E-state index in [0.29, 0.717) is 11.5 Å². The van der Waals surface area contributed by atoms with Gasteiger partial charge in [-0.3, -0.25) is 0 Å². The monoisotopic (exact) mass is 180 g/mol. The van der Waals surface area contributed by atoms with Gasteiger partial charge in [0.25, 0.3) is 0 Å². The van der Waals surface area contributed by atoms with Crippen LogP contribution in [-0.4, -0.2) is 29.8 Å². The fourth-order valence-electron chi connectivity index (χ4n) is 1.18. The van der Waals surface area contributed by atoms with Crippen LogP contribution < -0.4 is 9.47 Å². The Kier molecular flexibility index (Phi) is 2.12. The second-order valence-electron chi connectivity index (χ2n) is 2.83. The van der Waals surface area contributed by atoms with Gasteiger partial charge < -0.3 is 19.5 Å². The minimum absolute atomic E-state index is 0.161. The average Bonchev–Trinajstić information content (AvgIpc) is 2.17. The Morgan fingerprint density at radius 1 is 1.23 bits per heavy atom. The fraction of sp³-hybridized carbons (Fsp3) is 0.250. The molecule has 0 saturated carbocycles. The molecule has 2 N–H and O–H groups in total. The highest BCUT2D eigenvalue weighted by Gasteiger charge is 2.30. The predicted octanol–water partition coefficient (Wildman–Crippen LogP) is -0.162. The summed E-state index contributed by atoms with van der Waals surface area (Å²) in [6, 6.07) is 6.43. The maximum Gasteiger partial charge on any atom is 0.499 e. The van der Waals surface area contributed by atoms with Gasteiger partial charge in [-0.1, -0.05) is 12.1 Å². The summed E-state index contributed by atoms with van der Waals surface area (Å²) >= 11 is 0. The summed E-state index contributed by atoms with van der Waals surface area (Å²) in [5, 5.41) is 17.7. The van der Waals surface area contributed by atoms with Gasteiger partial charge in [0.1, 0.15) is 6.61 Å². The van der Waals surface area contributed by atoms with Crippen LogP contribution in [0.1, 0.15) is 0 Å². The standard InChI is InChI=1S/C8H9BO4/c10-9(11)8-5-12-6-3-1-2-4-7(6)13-8/h1-4,8,10-11H,5H2/t8-/m0/s1. The van der Waals surface area contributed by atoms with Gasteiger partial charge in [-0.25, -0.2) is 0 Å². The Morgan fingerprint density at radius 2 is 1.92 bits per heavy atom. The van der Waals surface area contributed by atoms with Crippen molar-refractivity contribution < 1.29 is 19.5 Å². The second kappa shape index (κ2) is 3.28. The van der Waals surface area contributed by atoms with E-state index in [1.165, 1.54) is 0 Å². The lowest BCUT2D eigenvalue weighted by Crippen LogP contribution is -2.43. The third-order valence-electron chi connectivity index (χ3n) is 1.86. The fourth-order valence-corrected chi connectivity index (χ4v) is 1.18. The van der Waals surface area contributed by atoms with E-state index in [0.717, 1.165) is 0 Å². The Balaban J connectivity index is 2.20. The van der Waals surface area contributed by atoms with Crippen molar-refractivity contribution in [2.45, 2.75) is 6.00 Å². The molecule has 4 nitrogen and oxygen atoms in total. The molecule has 0 saturated heterocycles. The highest BCUT2D eigenvalue weighted by Crippen LogP contribution is 2.30. The van der Waals surface area contributed by atoms with Crippen LogP contribution >= 0.6 is 0 Å². The van der Waals surface area contributed by atoms with Crippen LogP contribution in [0.5, 0.6) is 11.5 Å². The van der Waals surface area contributed by atoms with Crippen molar-refractivity contribution in [1.82, 2.24) is 0 Å². The van der Waals surface area contributed by atoms with Crippen LogP contribution in [0.4, 0.5) is 0 Å². The number of hydrogen-bond donors (Lipinski definition) is 2. The summed E-state index contributed by atoms with van der Waals surface area (Å²) in [4.78, 5) is 0. The van der Waals surface area contributed by atoms with Crippen LogP contribution in [0, 0.1) is 0 Å². The summed E-state index contributed by atoms with van der Waals surface area (Å²) in [5.74, 6) is 1.19. The van der Waals surface area contributed by atoms with Gasteiger partial charge >= 0.3 is 7.12 Å². The zero-order chi connectivity index (χ0) is 9.26. The molecular weight excluding hydrogens is 171 g/mol. The first-order chi connectivity index (χ1) is 6.27. The van der Waals surface area contributed by atoms with Crippen molar-refractivity contribution in [2.24, 2.45) is 0 Å². The Labute approximate surface area is 75.9 Å². The number of hydrogen-bond acceptors (Lipinski definition) is 4. The number of fused-ring (bicyclic) bond motifs is 1. The Hall–Kier alpha value is -1.20. The Morgan fingerprint density at radius 3 is 2.62 bits per heavy atom. The minimum Gasteiger partial charge on any atom is -0.486 e. The highest BCUT2D eigenvalue weighted by molar-refractivity contribution is 6.43. The molecule has 0 amide bonds. The first-order valence-corrected chi connectivity index (χ1v) is 4.02. The molecule has 0 spiro atoms. The summed E-state index contributed by atoms with van der Waals surface area (Å²) in [6.07, 6.45) is 0. The van der Waals surface area contributed by atoms with Gasteiger partial charge in [0.05, 0.1) is 0 Å². The molecule has 1 aromatic rings. The third-order valence-corrected chi connectivity index (χ3v) is 1.86. The minimum atomic E-state index is -1.51. The SMILES string of the molecule is OB(O)[C@@H]1COc2ccccc2O1. The molecule has 0 aliphatic carbocycles. The molecule has 1 heterocycles. The van der Waals surface area contributed by atoms with Gasteiger partial charge in [0, 0.05) is 0 Å². The molecule has 5 heteroatoms. The maximum absolute atomic E-state index is 8.85. The van der Waals surface area contributed by atoms with Crippen LogP contribution in [0.15, 0.2) is 24.3 Å². The van der Waals surface area contributed by atoms with E-state index in [1.807, 2.05) is 6.07 Å². The summed E-state index contributed by atoms with van der Waals surface area (Å²) in [5.41, 5.74) is 0. The van der Waals surface area contributed by atoms with Crippen molar-refractivity contribution in [2.75, 3.05) is 6.61 Å². The van der Waals surface area contributed by atoms with Crippen LogP contribution in [0.25, 0.3) is 0 Å². The van der Waals surface area contributed by atoms with E-state index in [1.54, 1.807) is 18.2 Å². The summed E-state index contributed by atoms with van der Waals surface area (Å²) in [6.45, 7) is 0.161. The van der Waals surface area contributed by atoms with Gasteiger partial charge in [-0.05, 0) is 12.1 Å². The smallest absolute Gasteiger partial charge is 0.486 e. The molecule has 1 aliphatic rings. The first kappa shape index (κ1) is 8.41. The van der Waals surface area contributed by atoms with Crippen molar-refractivity contribution in [3.05, 3.63) is 24.3 Å². The van der Waals surface area contributed by atoms with E-state index in [4.69, 9.17) is 19.5 Å². The number of rotatable bonds is 1. The van der Waals surface area contributed by atoms with Crippen LogP contribution in [-0.2, 0) is 0 Å². The molecule has 0 radical (unpaired) electrons. The van der Waals surface area contributed by atoms with Gasteiger partial charge in [-0.2, -0.15) is 0 Å². The quantitative estimate of drug-likeness (QED) is 0.589. The lowest BCUT2D eigenvalue weighted by molar-refractivity contribution is 0.115. The molecular formula is C8H9BO4. The molecule has 0 fully saturated rings. The molecule has 0 bridgehead atoms. The normalized spacial score (nSPS) is 19.7. The largest absolute Gasteiger partial charge is 0.499 e. The zero-order valence-corrected chi connectivity index (χ0v) is 6.88. The van der Waals surface area contributed by atoms with E-state index in [9.17, 15) is 0 Å². The molecule has 1 atom stereocenters. The average molecular weight is 180 g/mol. The number of benzene rings is 1. The topological polar surface area (TPSA) is 58.9 Å². The van der Waals surface area contributed by atoms with Gasteiger partial charge in [0.15, 0.2) is 17.5 Å². The first-order valence-electron chi connectivity index (χ1n) is 4.02. The van der Waals surface area contributed by atoms with Crippen molar-refractivity contribution in [3.8, 4) is 11.5 Å². The molecule has 0 unspecified atom stereocenters. The van der Waals surface area contributed by atoms with Crippen molar-refractivity contribution in [1.29, 1.82) is 0 Å². The number of para-hydroxylation sites is 2. The molecule has 13 heavy (non-hydrogen) atoms.